The first-order valence-corrected chi connectivity index (χ1v) is 34.2. The number of sulfone groups is 1. The van der Waals surface area contributed by atoms with Crippen LogP contribution in [0, 0.1) is 0 Å². The van der Waals surface area contributed by atoms with Gasteiger partial charge >= 0.3 is 6.09 Å². The number of piperidine rings is 1. The molecule has 0 aromatic carbocycles. The SMILES string of the molecule is CC(C)(C)OC(=O)N1[C@@H]2CC[C@H]1C[C@H](c1nc3c(-c4cnc(CO[Si](C)(C)C(C)(C)C)s4)cnn3c(N(COCC[Si](C)(C)C)COCC[Si](C)(C)C)c1S(C)(=O)=O)C2. The van der Waals surface area contributed by atoms with Crippen molar-refractivity contribution in [1.29, 1.82) is 0 Å². The number of thiazole rings is 1. The van der Waals surface area contributed by atoms with E-state index in [4.69, 9.17) is 33.7 Å². The van der Waals surface area contributed by atoms with E-state index >= 15 is 0 Å². The molecule has 2 aliphatic heterocycles. The highest BCUT2D eigenvalue weighted by molar-refractivity contribution is 7.91. The summed E-state index contributed by atoms with van der Waals surface area (Å²) >= 11 is 1.54. The van der Waals surface area contributed by atoms with Gasteiger partial charge in [-0.1, -0.05) is 60.1 Å². The number of amides is 1. The molecular formula is C41H72N6O7S2Si3. The van der Waals surface area contributed by atoms with E-state index < -0.39 is 39.9 Å². The molecule has 13 nitrogen and oxygen atoms in total. The first-order valence-electron chi connectivity index (χ1n) is 21.2. The molecule has 2 fully saturated rings. The average Bonchev–Trinajstić information content (AvgIpc) is 3.79. The molecule has 1 amide bonds. The van der Waals surface area contributed by atoms with Gasteiger partial charge in [0.15, 0.2) is 29.6 Å². The molecule has 3 aromatic rings. The van der Waals surface area contributed by atoms with Crippen LogP contribution in [-0.4, -0.2) is 114 Å². The van der Waals surface area contributed by atoms with Gasteiger partial charge in [0.05, 0.1) is 28.9 Å². The number of ether oxygens (including phenoxy) is 3. The first kappa shape index (κ1) is 47.8. The van der Waals surface area contributed by atoms with Gasteiger partial charge in [-0.2, -0.15) is 9.61 Å². The highest BCUT2D eigenvalue weighted by atomic mass is 32.2. The molecule has 0 unspecified atom stereocenters. The smallest absolute Gasteiger partial charge is 0.410 e. The molecule has 3 aromatic heterocycles. The Labute approximate surface area is 361 Å². The minimum Gasteiger partial charge on any atom is -0.444 e. The number of anilines is 1. The summed E-state index contributed by atoms with van der Waals surface area (Å²) in [6, 6.07) is 1.74. The minimum atomic E-state index is -3.90. The molecule has 18 heteroatoms. The van der Waals surface area contributed by atoms with Crippen molar-refractivity contribution in [3.8, 4) is 10.4 Å². The quantitative estimate of drug-likeness (QED) is 0.0727. The third-order valence-corrected chi connectivity index (χ3v) is 21.7. The fourth-order valence-corrected chi connectivity index (χ4v) is 11.8. The van der Waals surface area contributed by atoms with Crippen LogP contribution in [0.1, 0.15) is 83.8 Å². The molecule has 0 N–H and O–H groups in total. The molecule has 2 saturated heterocycles. The summed E-state index contributed by atoms with van der Waals surface area (Å²) in [5, 5.41) is 5.81. The molecule has 5 heterocycles. The lowest BCUT2D eigenvalue weighted by Gasteiger charge is -2.40. The lowest BCUT2D eigenvalue weighted by atomic mass is 9.88. The molecule has 2 aliphatic rings. The maximum atomic E-state index is 14.3. The monoisotopic (exact) mass is 908 g/mol. The molecular weight excluding hydrogens is 837 g/mol. The van der Waals surface area contributed by atoms with Gasteiger partial charge < -0.3 is 28.4 Å². The number of aromatic nitrogens is 4. The van der Waals surface area contributed by atoms with Crippen LogP contribution in [0.5, 0.6) is 0 Å². The number of hydrogen-bond acceptors (Lipinski definition) is 12. The number of nitrogens with zero attached hydrogens (tertiary/aromatic N) is 6. The van der Waals surface area contributed by atoms with Crippen molar-refractivity contribution in [3.63, 3.8) is 0 Å². The Hall–Kier alpha value is -2.20. The van der Waals surface area contributed by atoms with Crippen LogP contribution >= 0.6 is 11.3 Å². The Balaban J connectivity index is 1.64. The van der Waals surface area contributed by atoms with Crippen LogP contribution in [0.25, 0.3) is 16.1 Å². The first-order chi connectivity index (χ1) is 27.0. The van der Waals surface area contributed by atoms with Crippen LogP contribution in [0.15, 0.2) is 17.3 Å². The van der Waals surface area contributed by atoms with Gasteiger partial charge in [0, 0.05) is 59.8 Å². The zero-order valence-electron chi connectivity index (χ0n) is 38.5. The van der Waals surface area contributed by atoms with Crippen molar-refractivity contribution < 1.29 is 31.8 Å². The van der Waals surface area contributed by atoms with Gasteiger partial charge in [0.1, 0.15) is 29.0 Å². The molecule has 0 aliphatic carbocycles. The predicted octanol–water partition coefficient (Wildman–Crippen LogP) is 9.85. The van der Waals surface area contributed by atoms with E-state index in [2.05, 4.69) is 73.1 Å². The summed E-state index contributed by atoms with van der Waals surface area (Å²) in [7, 11) is -8.74. The Kier molecular flexibility index (Phi) is 14.5. The van der Waals surface area contributed by atoms with E-state index in [1.807, 2.05) is 36.8 Å². The maximum absolute atomic E-state index is 14.3. The van der Waals surface area contributed by atoms with E-state index in [-0.39, 0.29) is 47.5 Å². The Morgan fingerprint density at radius 2 is 1.46 bits per heavy atom. The zero-order valence-corrected chi connectivity index (χ0v) is 43.2. The van der Waals surface area contributed by atoms with Crippen molar-refractivity contribution in [2.24, 2.45) is 0 Å². The highest BCUT2D eigenvalue weighted by Crippen LogP contribution is 2.47. The van der Waals surface area contributed by atoms with Crippen molar-refractivity contribution >= 4 is 63.2 Å². The summed E-state index contributed by atoms with van der Waals surface area (Å²) in [6.45, 7) is 32.4. The summed E-state index contributed by atoms with van der Waals surface area (Å²) in [5.41, 5.74) is 1.18. The van der Waals surface area contributed by atoms with Crippen LogP contribution in [0.2, 0.25) is 69.5 Å². The van der Waals surface area contributed by atoms with Gasteiger partial charge in [0.25, 0.3) is 0 Å². The molecule has 0 spiro atoms. The molecule has 2 bridgehead atoms. The summed E-state index contributed by atoms with van der Waals surface area (Å²) in [4.78, 5) is 28.3. The second kappa shape index (κ2) is 17.9. The minimum absolute atomic E-state index is 0.0643. The fourth-order valence-electron chi connectivity index (χ4n) is 7.30. The second-order valence-corrected chi connectivity index (χ2v) is 40.7. The van der Waals surface area contributed by atoms with Gasteiger partial charge in [-0.25, -0.2) is 23.2 Å². The summed E-state index contributed by atoms with van der Waals surface area (Å²) in [5.74, 6) is 0.146. The molecule has 0 saturated carbocycles. The predicted molar refractivity (Wildman–Crippen MR) is 246 cm³/mol. The Bertz CT molecular complexity index is 2010. The third-order valence-electron chi connectivity index (χ3n) is 11.7. The van der Waals surface area contributed by atoms with Crippen LogP contribution < -0.4 is 4.90 Å². The van der Waals surface area contributed by atoms with E-state index in [9.17, 15) is 13.2 Å². The number of hydrogen-bond donors (Lipinski definition) is 0. The Morgan fingerprint density at radius 3 is 1.95 bits per heavy atom. The van der Waals surface area contributed by atoms with Gasteiger partial charge in [-0.05, 0) is 76.7 Å². The molecule has 59 heavy (non-hydrogen) atoms. The van der Waals surface area contributed by atoms with E-state index in [0.717, 1.165) is 40.4 Å². The zero-order chi connectivity index (χ0) is 43.9. The number of carbonyl (C=O) groups excluding carboxylic acids is 1. The van der Waals surface area contributed by atoms with Crippen molar-refractivity contribution in [3.05, 3.63) is 23.1 Å². The number of fused-ring (bicyclic) bond motifs is 3. The largest absolute Gasteiger partial charge is 0.444 e. The van der Waals surface area contributed by atoms with Crippen molar-refractivity contribution in [2.45, 2.75) is 172 Å². The van der Waals surface area contributed by atoms with Crippen molar-refractivity contribution in [1.82, 2.24) is 24.5 Å². The fraction of sp³-hybridized carbons (Fsp3) is 0.756. The third kappa shape index (κ3) is 12.3. The lowest BCUT2D eigenvalue weighted by molar-refractivity contribution is 0.00557. The van der Waals surface area contributed by atoms with Crippen molar-refractivity contribution in [2.75, 3.05) is 37.8 Å². The van der Waals surface area contributed by atoms with E-state index in [1.54, 1.807) is 22.0 Å². The van der Waals surface area contributed by atoms with Crippen LogP contribution in [-0.2, 0) is 35.1 Å². The summed E-state index contributed by atoms with van der Waals surface area (Å²) < 4.78 is 55.4. The Morgan fingerprint density at radius 1 is 0.898 bits per heavy atom. The highest BCUT2D eigenvalue weighted by Gasteiger charge is 2.47. The number of rotatable bonds is 17. The molecule has 3 atom stereocenters. The second-order valence-electron chi connectivity index (χ2n) is 21.6. The molecule has 5 rings (SSSR count). The van der Waals surface area contributed by atoms with Crippen LogP contribution in [0.3, 0.4) is 0 Å². The average molecular weight is 909 g/mol. The topological polar surface area (TPSA) is 138 Å². The van der Waals surface area contributed by atoms with E-state index in [1.165, 1.54) is 6.26 Å². The number of carbonyl (C=O) groups is 1. The molecule has 332 valence electrons. The van der Waals surface area contributed by atoms with Gasteiger partial charge in [0.2, 0.25) is 0 Å². The van der Waals surface area contributed by atoms with Gasteiger partial charge in [-0.3, -0.25) is 0 Å². The van der Waals surface area contributed by atoms with Crippen LogP contribution in [0.4, 0.5) is 10.6 Å². The normalized spacial score (nSPS) is 19.5. The molecule has 0 radical (unpaired) electrons. The standard InChI is InChI=1S/C41H72N6O7S2Si3/c1-40(2,3)54-39(48)46-30-16-17-31(46)23-29(22-30)35-36(56(7,49)50)38(45(27-51-18-20-57(8,9)10)28-52-19-21-58(11,12)13)47-37(44-35)32(24-43-47)33-25-42-34(55-33)26-53-59(14,15)41(4,5)6/h24-25,29-31H,16-23,26-28H2,1-15H3/t29-,30-,31+. The lowest BCUT2D eigenvalue weighted by Crippen LogP contribution is -2.48. The maximum Gasteiger partial charge on any atom is 0.410 e. The van der Waals surface area contributed by atoms with E-state index in [0.29, 0.717) is 49.8 Å². The van der Waals surface area contributed by atoms with Gasteiger partial charge in [-0.15, -0.1) is 11.3 Å². The summed E-state index contributed by atoms with van der Waals surface area (Å²) in [6.07, 6.45) is 7.33.